The lowest BCUT2D eigenvalue weighted by atomic mass is 10.2. The number of hydrogen-bond donors (Lipinski definition) is 0. The number of rotatable bonds is 7. The SMILES string of the molecule is CCc1nc(Cn2nc(-c3ccc(Cl)cc3)n(CCC(F)(F)F)c2=O)nn1-c1cnccc1Cl. The van der Waals surface area contributed by atoms with Crippen LogP contribution in [0.3, 0.4) is 0 Å². The molecule has 0 N–H and O–H groups in total. The molecule has 8 nitrogen and oxygen atoms in total. The molecule has 4 aromatic rings. The molecule has 178 valence electrons. The Kier molecular flexibility index (Phi) is 6.76. The Morgan fingerprint density at radius 3 is 2.44 bits per heavy atom. The molecule has 0 amide bonds. The molecule has 34 heavy (non-hydrogen) atoms. The van der Waals surface area contributed by atoms with Gasteiger partial charge in [0.05, 0.1) is 17.6 Å². The first-order chi connectivity index (χ1) is 16.2. The standard InChI is InChI=1S/C21H18Cl2F3N7O/c1-2-18-28-17(29-33(18)16-11-27-9-7-15(16)23)12-32-20(34)31(10-8-21(24,25)26)19(30-32)13-3-5-14(22)6-4-13/h3-7,9,11H,2,8,10,12H2,1H3. The minimum absolute atomic E-state index is 0.0939. The highest BCUT2D eigenvalue weighted by Gasteiger charge is 2.28. The van der Waals surface area contributed by atoms with Gasteiger partial charge in [-0.15, -0.1) is 10.2 Å². The molecule has 0 saturated heterocycles. The van der Waals surface area contributed by atoms with Gasteiger partial charge in [-0.25, -0.2) is 19.1 Å². The quantitative estimate of drug-likeness (QED) is 0.363. The second-order valence-electron chi connectivity index (χ2n) is 7.32. The summed E-state index contributed by atoms with van der Waals surface area (Å²) in [7, 11) is 0. The fraction of sp³-hybridized carbons (Fsp3) is 0.286. The van der Waals surface area contributed by atoms with Gasteiger partial charge in [-0.1, -0.05) is 30.1 Å². The third-order valence-electron chi connectivity index (χ3n) is 4.95. The first-order valence-corrected chi connectivity index (χ1v) is 11.0. The van der Waals surface area contributed by atoms with Gasteiger partial charge < -0.3 is 0 Å². The van der Waals surface area contributed by atoms with Gasteiger partial charge in [-0.3, -0.25) is 9.55 Å². The average molecular weight is 512 g/mol. The Hall–Kier alpha value is -3.18. The summed E-state index contributed by atoms with van der Waals surface area (Å²) in [5, 5.41) is 9.59. The number of pyridine rings is 1. The van der Waals surface area contributed by atoms with Crippen molar-refractivity contribution in [3.05, 3.63) is 74.9 Å². The zero-order chi connectivity index (χ0) is 24.5. The lowest BCUT2D eigenvalue weighted by Crippen LogP contribution is -2.27. The molecule has 1 aromatic carbocycles. The Bertz CT molecular complexity index is 1360. The molecule has 0 aliphatic heterocycles. The lowest BCUT2D eigenvalue weighted by molar-refractivity contribution is -0.136. The van der Waals surface area contributed by atoms with E-state index in [1.807, 2.05) is 6.92 Å². The topological polar surface area (TPSA) is 83.4 Å². The van der Waals surface area contributed by atoms with Crippen molar-refractivity contribution in [3.63, 3.8) is 0 Å². The first kappa shape index (κ1) is 24.0. The summed E-state index contributed by atoms with van der Waals surface area (Å²) in [6, 6.07) is 7.94. The maximum absolute atomic E-state index is 13.0. The number of aryl methyl sites for hydroxylation is 1. The highest BCUT2D eigenvalue weighted by Crippen LogP contribution is 2.24. The number of aromatic nitrogens is 7. The average Bonchev–Trinajstić information content (AvgIpc) is 3.33. The number of halogens is 5. The Labute approximate surface area is 201 Å². The summed E-state index contributed by atoms with van der Waals surface area (Å²) in [6.07, 6.45) is -2.01. The smallest absolute Gasteiger partial charge is 0.275 e. The fourth-order valence-electron chi connectivity index (χ4n) is 3.34. The van der Waals surface area contributed by atoms with Crippen LogP contribution >= 0.6 is 23.2 Å². The molecule has 0 atom stereocenters. The largest absolute Gasteiger partial charge is 0.390 e. The molecule has 3 aromatic heterocycles. The summed E-state index contributed by atoms with van der Waals surface area (Å²) < 4.78 is 42.2. The lowest BCUT2D eigenvalue weighted by Gasteiger charge is -2.08. The summed E-state index contributed by atoms with van der Waals surface area (Å²) in [4.78, 5) is 21.5. The van der Waals surface area contributed by atoms with Crippen LogP contribution in [0.2, 0.25) is 10.0 Å². The molecule has 13 heteroatoms. The van der Waals surface area contributed by atoms with Gasteiger partial charge in [0, 0.05) is 29.7 Å². The maximum atomic E-state index is 13.0. The van der Waals surface area contributed by atoms with Crippen molar-refractivity contribution < 1.29 is 13.2 Å². The van der Waals surface area contributed by atoms with Crippen LogP contribution in [0.5, 0.6) is 0 Å². The van der Waals surface area contributed by atoms with Gasteiger partial charge in [0.25, 0.3) is 0 Å². The van der Waals surface area contributed by atoms with E-state index in [2.05, 4.69) is 20.2 Å². The van der Waals surface area contributed by atoms with E-state index in [1.54, 1.807) is 36.5 Å². The van der Waals surface area contributed by atoms with E-state index in [-0.39, 0.29) is 18.2 Å². The molecule has 4 rings (SSSR count). The Morgan fingerprint density at radius 1 is 1.06 bits per heavy atom. The second-order valence-corrected chi connectivity index (χ2v) is 8.17. The molecule has 0 bridgehead atoms. The Morgan fingerprint density at radius 2 is 1.79 bits per heavy atom. The van der Waals surface area contributed by atoms with Gasteiger partial charge in [-0.05, 0) is 30.3 Å². The zero-order valence-electron chi connectivity index (χ0n) is 17.8. The minimum Gasteiger partial charge on any atom is -0.275 e. The summed E-state index contributed by atoms with van der Waals surface area (Å²) >= 11 is 12.2. The van der Waals surface area contributed by atoms with Crippen molar-refractivity contribution in [2.75, 3.05) is 0 Å². The van der Waals surface area contributed by atoms with Gasteiger partial charge >= 0.3 is 11.9 Å². The van der Waals surface area contributed by atoms with Crippen LogP contribution in [0.15, 0.2) is 47.5 Å². The number of nitrogens with zero attached hydrogens (tertiary/aromatic N) is 7. The molecule has 0 aliphatic rings. The van der Waals surface area contributed by atoms with Crippen molar-refractivity contribution in [2.24, 2.45) is 0 Å². The van der Waals surface area contributed by atoms with Crippen LogP contribution in [0.1, 0.15) is 25.0 Å². The maximum Gasteiger partial charge on any atom is 0.390 e. The van der Waals surface area contributed by atoms with Crippen LogP contribution in [0.25, 0.3) is 17.1 Å². The number of benzene rings is 1. The van der Waals surface area contributed by atoms with Crippen molar-refractivity contribution in [2.45, 2.75) is 39.0 Å². The predicted octanol–water partition coefficient (Wildman–Crippen LogP) is 4.56. The highest BCUT2D eigenvalue weighted by molar-refractivity contribution is 6.32. The predicted molar refractivity (Wildman–Crippen MR) is 120 cm³/mol. The number of alkyl halides is 3. The van der Waals surface area contributed by atoms with Crippen molar-refractivity contribution in [1.82, 2.24) is 34.1 Å². The van der Waals surface area contributed by atoms with Gasteiger partial charge in [0.15, 0.2) is 11.6 Å². The van der Waals surface area contributed by atoms with E-state index >= 15 is 0 Å². The van der Waals surface area contributed by atoms with Crippen molar-refractivity contribution >= 4 is 23.2 Å². The molecule has 0 unspecified atom stereocenters. The summed E-state index contributed by atoms with van der Waals surface area (Å²) in [5.41, 5.74) is 0.269. The number of hydrogen-bond acceptors (Lipinski definition) is 5. The molecule has 0 spiro atoms. The fourth-order valence-corrected chi connectivity index (χ4v) is 3.65. The van der Waals surface area contributed by atoms with Gasteiger partial charge in [0.1, 0.15) is 18.1 Å². The van der Waals surface area contributed by atoms with E-state index in [9.17, 15) is 18.0 Å². The molecular formula is C21H18Cl2F3N7O. The highest BCUT2D eigenvalue weighted by atomic mass is 35.5. The molecule has 0 radical (unpaired) electrons. The molecule has 3 heterocycles. The van der Waals surface area contributed by atoms with Crippen LogP contribution < -0.4 is 5.69 Å². The summed E-state index contributed by atoms with van der Waals surface area (Å²) in [5.74, 6) is 0.922. The second kappa shape index (κ2) is 9.59. The van der Waals surface area contributed by atoms with E-state index in [0.717, 1.165) is 9.25 Å². The van der Waals surface area contributed by atoms with Crippen molar-refractivity contribution in [3.8, 4) is 17.1 Å². The Balaban J connectivity index is 1.73. The first-order valence-electron chi connectivity index (χ1n) is 10.2. The van der Waals surface area contributed by atoms with Crippen LogP contribution in [0.4, 0.5) is 13.2 Å². The van der Waals surface area contributed by atoms with Crippen LogP contribution in [-0.2, 0) is 19.5 Å². The molecule has 0 saturated carbocycles. The molecule has 0 aliphatic carbocycles. The van der Waals surface area contributed by atoms with E-state index < -0.39 is 24.8 Å². The normalized spacial score (nSPS) is 11.8. The minimum atomic E-state index is -4.43. The van der Waals surface area contributed by atoms with E-state index in [4.69, 9.17) is 23.2 Å². The molecular weight excluding hydrogens is 494 g/mol. The zero-order valence-corrected chi connectivity index (χ0v) is 19.3. The van der Waals surface area contributed by atoms with Gasteiger partial charge in [-0.2, -0.15) is 13.2 Å². The van der Waals surface area contributed by atoms with Crippen LogP contribution in [-0.4, -0.2) is 40.3 Å². The van der Waals surface area contributed by atoms with Gasteiger partial charge in [0.2, 0.25) is 0 Å². The van der Waals surface area contributed by atoms with E-state index in [1.165, 1.54) is 10.9 Å². The third-order valence-corrected chi connectivity index (χ3v) is 5.52. The van der Waals surface area contributed by atoms with Crippen molar-refractivity contribution in [1.29, 1.82) is 0 Å². The molecule has 0 fully saturated rings. The monoisotopic (exact) mass is 511 g/mol. The third kappa shape index (κ3) is 5.15. The van der Waals surface area contributed by atoms with Crippen LogP contribution in [0, 0.1) is 0 Å². The van der Waals surface area contributed by atoms with E-state index in [0.29, 0.717) is 33.5 Å². The summed E-state index contributed by atoms with van der Waals surface area (Å²) in [6.45, 7) is 1.16.